The van der Waals surface area contributed by atoms with Gasteiger partial charge in [0.15, 0.2) is 0 Å². The first-order valence-corrected chi connectivity index (χ1v) is 6.57. The largest absolute Gasteiger partial charge is 0.462 e. The summed E-state index contributed by atoms with van der Waals surface area (Å²) in [4.78, 5) is 11.7. The molecule has 1 rings (SSSR count). The highest BCUT2D eigenvalue weighted by atomic mass is 16.6. The zero-order valence-electron chi connectivity index (χ0n) is 11.2. The molecule has 0 aliphatic carbocycles. The molecule has 1 aliphatic heterocycles. The van der Waals surface area contributed by atoms with Crippen molar-refractivity contribution in [3.05, 3.63) is 0 Å². The predicted molar refractivity (Wildman–Crippen MR) is 66.8 cm³/mol. The molecule has 4 heteroatoms. The van der Waals surface area contributed by atoms with E-state index >= 15 is 0 Å². The van der Waals surface area contributed by atoms with Crippen LogP contribution in [0.15, 0.2) is 0 Å². The number of nitrogens with one attached hydrogen (secondary N) is 1. The van der Waals surface area contributed by atoms with Crippen molar-refractivity contribution in [2.75, 3.05) is 26.4 Å². The van der Waals surface area contributed by atoms with Gasteiger partial charge in [-0.1, -0.05) is 20.8 Å². The van der Waals surface area contributed by atoms with Gasteiger partial charge in [-0.3, -0.25) is 4.79 Å². The van der Waals surface area contributed by atoms with E-state index in [2.05, 4.69) is 26.1 Å². The molecule has 0 amide bonds. The normalized spacial score (nSPS) is 24.9. The van der Waals surface area contributed by atoms with Crippen LogP contribution < -0.4 is 5.32 Å². The zero-order valence-corrected chi connectivity index (χ0v) is 11.2. The lowest BCUT2D eigenvalue weighted by atomic mass is 9.94. The minimum Gasteiger partial charge on any atom is -0.462 e. The molecular weight excluding hydrogens is 218 g/mol. The molecular formula is C13H25NO3. The summed E-state index contributed by atoms with van der Waals surface area (Å²) in [7, 11) is 0. The first-order chi connectivity index (χ1) is 8.09. The molecule has 4 nitrogen and oxygen atoms in total. The van der Waals surface area contributed by atoms with Gasteiger partial charge in [0.2, 0.25) is 0 Å². The molecule has 1 aliphatic rings. The van der Waals surface area contributed by atoms with Crippen LogP contribution in [0.4, 0.5) is 0 Å². The Kier molecular flexibility index (Phi) is 6.52. The number of hydrogen-bond acceptors (Lipinski definition) is 4. The summed E-state index contributed by atoms with van der Waals surface area (Å²) in [5.74, 6) is 0.988. The van der Waals surface area contributed by atoms with Gasteiger partial charge in [0.1, 0.15) is 12.6 Å². The lowest BCUT2D eigenvalue weighted by molar-refractivity contribution is -0.148. The third-order valence-electron chi connectivity index (χ3n) is 2.87. The van der Waals surface area contributed by atoms with Gasteiger partial charge >= 0.3 is 5.97 Å². The predicted octanol–water partition coefficient (Wildman–Crippen LogP) is 1.59. The van der Waals surface area contributed by atoms with Crippen LogP contribution in [-0.2, 0) is 14.3 Å². The van der Waals surface area contributed by atoms with E-state index in [1.54, 1.807) is 0 Å². The minimum atomic E-state index is -0.135. The van der Waals surface area contributed by atoms with Crippen LogP contribution in [0.5, 0.6) is 0 Å². The van der Waals surface area contributed by atoms with Crippen molar-refractivity contribution in [2.45, 2.75) is 39.7 Å². The van der Waals surface area contributed by atoms with Gasteiger partial charge < -0.3 is 14.8 Å². The van der Waals surface area contributed by atoms with Crippen molar-refractivity contribution in [1.82, 2.24) is 5.32 Å². The Labute approximate surface area is 104 Å². The number of ether oxygens (including phenoxy) is 2. The van der Waals surface area contributed by atoms with Crippen LogP contribution in [-0.4, -0.2) is 38.4 Å². The van der Waals surface area contributed by atoms with Crippen LogP contribution in [0.25, 0.3) is 0 Å². The Morgan fingerprint density at radius 3 is 2.82 bits per heavy atom. The molecule has 0 saturated carbocycles. The molecule has 1 saturated heterocycles. The standard InChI is InChI=1S/C13H25NO3/c1-10(2)9-16-6-7-17-13(15)12-8-11(3)4-5-14-12/h10-12,14H,4-9H2,1-3H3. The second-order valence-electron chi connectivity index (χ2n) is 5.27. The fraction of sp³-hybridized carbons (Fsp3) is 0.923. The molecule has 1 N–H and O–H groups in total. The molecule has 0 aromatic rings. The fourth-order valence-electron chi connectivity index (χ4n) is 1.91. The van der Waals surface area contributed by atoms with Crippen molar-refractivity contribution in [2.24, 2.45) is 11.8 Å². The molecule has 1 heterocycles. The maximum absolute atomic E-state index is 11.7. The van der Waals surface area contributed by atoms with Gasteiger partial charge in [0.25, 0.3) is 0 Å². The number of rotatable bonds is 6. The van der Waals surface area contributed by atoms with Crippen molar-refractivity contribution in [3.63, 3.8) is 0 Å². The maximum Gasteiger partial charge on any atom is 0.323 e. The van der Waals surface area contributed by atoms with E-state index in [0.29, 0.717) is 25.0 Å². The van der Waals surface area contributed by atoms with Crippen LogP contribution >= 0.6 is 0 Å². The summed E-state index contributed by atoms with van der Waals surface area (Å²) in [5, 5.41) is 3.19. The number of carbonyl (C=O) groups excluding carboxylic acids is 1. The third-order valence-corrected chi connectivity index (χ3v) is 2.87. The highest BCUT2D eigenvalue weighted by Crippen LogP contribution is 2.15. The molecule has 17 heavy (non-hydrogen) atoms. The van der Waals surface area contributed by atoms with Gasteiger partial charge in [0.05, 0.1) is 6.61 Å². The first kappa shape index (κ1) is 14.5. The smallest absolute Gasteiger partial charge is 0.323 e. The van der Waals surface area contributed by atoms with Gasteiger partial charge in [-0.25, -0.2) is 0 Å². The fourth-order valence-corrected chi connectivity index (χ4v) is 1.91. The van der Waals surface area contributed by atoms with Crippen LogP contribution in [0.3, 0.4) is 0 Å². The van der Waals surface area contributed by atoms with Crippen molar-refractivity contribution < 1.29 is 14.3 Å². The van der Waals surface area contributed by atoms with Crippen LogP contribution in [0.2, 0.25) is 0 Å². The van der Waals surface area contributed by atoms with E-state index in [4.69, 9.17) is 9.47 Å². The van der Waals surface area contributed by atoms with E-state index in [1.807, 2.05) is 0 Å². The Morgan fingerprint density at radius 1 is 1.41 bits per heavy atom. The van der Waals surface area contributed by atoms with Crippen molar-refractivity contribution in [1.29, 1.82) is 0 Å². The van der Waals surface area contributed by atoms with Crippen molar-refractivity contribution >= 4 is 5.97 Å². The van der Waals surface area contributed by atoms with Crippen LogP contribution in [0.1, 0.15) is 33.6 Å². The van der Waals surface area contributed by atoms with Gasteiger partial charge in [-0.15, -0.1) is 0 Å². The van der Waals surface area contributed by atoms with Gasteiger partial charge in [0, 0.05) is 6.61 Å². The summed E-state index contributed by atoms with van der Waals surface area (Å²) in [6.45, 7) is 8.84. The topological polar surface area (TPSA) is 47.6 Å². The molecule has 0 aromatic heterocycles. The van der Waals surface area contributed by atoms with E-state index in [9.17, 15) is 4.79 Å². The molecule has 0 bridgehead atoms. The first-order valence-electron chi connectivity index (χ1n) is 6.57. The van der Waals surface area contributed by atoms with Crippen molar-refractivity contribution in [3.8, 4) is 0 Å². The molecule has 2 unspecified atom stereocenters. The quantitative estimate of drug-likeness (QED) is 0.568. The van der Waals surface area contributed by atoms with Gasteiger partial charge in [-0.2, -0.15) is 0 Å². The lowest BCUT2D eigenvalue weighted by Crippen LogP contribution is -2.44. The summed E-state index contributed by atoms with van der Waals surface area (Å²) in [6, 6.07) is -0.121. The summed E-state index contributed by atoms with van der Waals surface area (Å²) < 4.78 is 10.5. The summed E-state index contributed by atoms with van der Waals surface area (Å²) in [5.41, 5.74) is 0. The molecule has 0 spiro atoms. The monoisotopic (exact) mass is 243 g/mol. The van der Waals surface area contributed by atoms with E-state index in [0.717, 1.165) is 26.0 Å². The number of carbonyl (C=O) groups is 1. The molecule has 0 radical (unpaired) electrons. The average molecular weight is 243 g/mol. The van der Waals surface area contributed by atoms with E-state index in [-0.39, 0.29) is 12.0 Å². The highest BCUT2D eigenvalue weighted by Gasteiger charge is 2.25. The lowest BCUT2D eigenvalue weighted by Gasteiger charge is -2.26. The maximum atomic E-state index is 11.7. The second-order valence-corrected chi connectivity index (χ2v) is 5.27. The molecule has 1 fully saturated rings. The summed E-state index contributed by atoms with van der Waals surface area (Å²) >= 11 is 0. The zero-order chi connectivity index (χ0) is 12.7. The number of esters is 1. The Morgan fingerprint density at radius 2 is 2.18 bits per heavy atom. The van der Waals surface area contributed by atoms with Gasteiger partial charge in [-0.05, 0) is 31.2 Å². The van der Waals surface area contributed by atoms with Crippen LogP contribution in [0, 0.1) is 11.8 Å². The molecule has 2 atom stereocenters. The second kappa shape index (κ2) is 7.67. The summed E-state index contributed by atoms with van der Waals surface area (Å²) in [6.07, 6.45) is 2.02. The Balaban J connectivity index is 2.08. The number of piperidine rings is 1. The minimum absolute atomic E-state index is 0.121. The Bertz CT molecular complexity index is 231. The number of hydrogen-bond donors (Lipinski definition) is 1. The highest BCUT2D eigenvalue weighted by molar-refractivity contribution is 5.75. The molecule has 0 aromatic carbocycles. The van der Waals surface area contributed by atoms with E-state index < -0.39 is 0 Å². The third kappa shape index (κ3) is 6.03. The molecule has 100 valence electrons. The Hall–Kier alpha value is -0.610. The van der Waals surface area contributed by atoms with E-state index in [1.165, 1.54) is 0 Å². The average Bonchev–Trinajstić information content (AvgIpc) is 2.28. The SMILES string of the molecule is CC(C)COCCOC(=O)C1CC(C)CCN1.